The minimum atomic E-state index is -3.18. The summed E-state index contributed by atoms with van der Waals surface area (Å²) in [6.07, 6.45) is 1.18. The van der Waals surface area contributed by atoms with Gasteiger partial charge in [0.25, 0.3) is 0 Å². The highest BCUT2D eigenvalue weighted by molar-refractivity contribution is 7.90. The fraction of sp³-hybridized carbons (Fsp3) is 0.100. The molecule has 0 atom stereocenters. The number of hydrogen-bond donors (Lipinski definition) is 1. The Morgan fingerprint density at radius 3 is 2.69 bits per heavy atom. The van der Waals surface area contributed by atoms with Gasteiger partial charge in [-0.2, -0.15) is 0 Å². The highest BCUT2D eigenvalue weighted by Crippen LogP contribution is 2.26. The van der Waals surface area contributed by atoms with Crippen molar-refractivity contribution in [3.63, 3.8) is 0 Å². The Hall–Kier alpha value is -1.40. The second-order valence-electron chi connectivity index (χ2n) is 3.38. The lowest BCUT2D eigenvalue weighted by Gasteiger charge is -2.00. The first-order valence-corrected chi connectivity index (χ1v) is 7.25. The Bertz CT molecular complexity index is 617. The maximum Gasteiger partial charge on any atom is 0.175 e. The van der Waals surface area contributed by atoms with Crippen molar-refractivity contribution in [3.8, 4) is 10.6 Å². The lowest BCUT2D eigenvalue weighted by Crippen LogP contribution is -1.96. The van der Waals surface area contributed by atoms with Crippen LogP contribution in [0.15, 0.2) is 34.5 Å². The molecular weight excluding hydrogens is 244 g/mol. The summed E-state index contributed by atoms with van der Waals surface area (Å²) >= 11 is 1.39. The van der Waals surface area contributed by atoms with Gasteiger partial charge in [-0.05, 0) is 12.1 Å². The van der Waals surface area contributed by atoms with E-state index < -0.39 is 9.84 Å². The summed E-state index contributed by atoms with van der Waals surface area (Å²) in [6.45, 7) is 0. The van der Waals surface area contributed by atoms with Crippen LogP contribution in [-0.2, 0) is 9.84 Å². The number of sulfone groups is 1. The van der Waals surface area contributed by atoms with E-state index in [0.29, 0.717) is 10.7 Å². The Morgan fingerprint density at radius 1 is 1.38 bits per heavy atom. The molecule has 0 radical (unpaired) electrons. The van der Waals surface area contributed by atoms with Crippen LogP contribution in [0.25, 0.3) is 10.6 Å². The van der Waals surface area contributed by atoms with Crippen LogP contribution in [0.3, 0.4) is 0 Å². The predicted molar refractivity (Wildman–Crippen MR) is 65.1 cm³/mol. The quantitative estimate of drug-likeness (QED) is 0.886. The number of thiazole rings is 1. The van der Waals surface area contributed by atoms with Crippen molar-refractivity contribution in [1.82, 2.24) is 4.98 Å². The van der Waals surface area contributed by atoms with Crippen molar-refractivity contribution < 1.29 is 8.42 Å². The molecular formula is C10H10N2O2S2. The van der Waals surface area contributed by atoms with Crippen LogP contribution in [0.1, 0.15) is 0 Å². The Balaban J connectivity index is 2.52. The van der Waals surface area contributed by atoms with Gasteiger partial charge >= 0.3 is 0 Å². The lowest BCUT2D eigenvalue weighted by molar-refractivity contribution is 0.602. The summed E-state index contributed by atoms with van der Waals surface area (Å²) in [6, 6.07) is 6.68. The first kappa shape index (κ1) is 11.1. The molecule has 2 rings (SSSR count). The predicted octanol–water partition coefficient (Wildman–Crippen LogP) is 1.80. The largest absolute Gasteiger partial charge is 0.383 e. The molecule has 0 spiro atoms. The van der Waals surface area contributed by atoms with E-state index in [1.54, 1.807) is 23.6 Å². The zero-order valence-corrected chi connectivity index (χ0v) is 10.2. The fourth-order valence-electron chi connectivity index (χ4n) is 1.28. The zero-order chi connectivity index (χ0) is 11.8. The van der Waals surface area contributed by atoms with Crippen molar-refractivity contribution >= 4 is 27.0 Å². The van der Waals surface area contributed by atoms with Crippen molar-refractivity contribution in [2.45, 2.75) is 4.90 Å². The number of anilines is 1. The molecule has 0 aliphatic carbocycles. The fourth-order valence-corrected chi connectivity index (χ4v) is 2.65. The first-order valence-electron chi connectivity index (χ1n) is 4.48. The SMILES string of the molecule is CS(=O)(=O)c1cccc(-c2nc(N)cs2)c1. The summed E-state index contributed by atoms with van der Waals surface area (Å²) in [4.78, 5) is 4.40. The molecule has 0 amide bonds. The normalized spacial score (nSPS) is 11.6. The smallest absolute Gasteiger partial charge is 0.175 e. The molecule has 6 heteroatoms. The topological polar surface area (TPSA) is 73.0 Å². The van der Waals surface area contributed by atoms with Gasteiger partial charge in [0, 0.05) is 17.2 Å². The molecule has 84 valence electrons. The Kier molecular flexibility index (Phi) is 2.69. The number of rotatable bonds is 2. The lowest BCUT2D eigenvalue weighted by atomic mass is 10.2. The van der Waals surface area contributed by atoms with Crippen LogP contribution in [-0.4, -0.2) is 19.7 Å². The zero-order valence-electron chi connectivity index (χ0n) is 8.54. The molecule has 0 saturated heterocycles. The molecule has 1 aromatic heterocycles. The highest BCUT2D eigenvalue weighted by atomic mass is 32.2. The van der Waals surface area contributed by atoms with Crippen LogP contribution in [0.5, 0.6) is 0 Å². The van der Waals surface area contributed by atoms with Crippen molar-refractivity contribution in [2.75, 3.05) is 12.0 Å². The van der Waals surface area contributed by atoms with Gasteiger partial charge in [0.2, 0.25) is 0 Å². The number of aromatic nitrogens is 1. The second kappa shape index (κ2) is 3.88. The molecule has 0 aliphatic rings. The van der Waals surface area contributed by atoms with E-state index in [2.05, 4.69) is 4.98 Å². The number of nitrogens with two attached hydrogens (primary N) is 1. The number of hydrogen-bond acceptors (Lipinski definition) is 5. The van der Waals surface area contributed by atoms with E-state index in [1.165, 1.54) is 17.6 Å². The number of benzene rings is 1. The molecule has 0 saturated carbocycles. The van der Waals surface area contributed by atoms with Gasteiger partial charge in [-0.1, -0.05) is 12.1 Å². The van der Waals surface area contributed by atoms with Gasteiger partial charge in [-0.25, -0.2) is 13.4 Å². The Labute approximate surface area is 97.7 Å². The van der Waals surface area contributed by atoms with Crippen LogP contribution < -0.4 is 5.73 Å². The molecule has 0 aliphatic heterocycles. The average molecular weight is 254 g/mol. The molecule has 1 aromatic carbocycles. The Morgan fingerprint density at radius 2 is 2.12 bits per heavy atom. The van der Waals surface area contributed by atoms with E-state index in [1.807, 2.05) is 6.07 Å². The molecule has 0 fully saturated rings. The summed E-state index contributed by atoms with van der Waals surface area (Å²) < 4.78 is 22.8. The third-order valence-electron chi connectivity index (χ3n) is 2.03. The van der Waals surface area contributed by atoms with Gasteiger partial charge in [0.05, 0.1) is 4.90 Å². The highest BCUT2D eigenvalue weighted by Gasteiger charge is 2.09. The molecule has 2 aromatic rings. The average Bonchev–Trinajstić information content (AvgIpc) is 2.64. The molecule has 2 N–H and O–H groups in total. The van der Waals surface area contributed by atoms with E-state index in [-0.39, 0.29) is 0 Å². The summed E-state index contributed by atoms with van der Waals surface area (Å²) in [5.41, 5.74) is 6.29. The monoisotopic (exact) mass is 254 g/mol. The third kappa shape index (κ3) is 2.23. The van der Waals surface area contributed by atoms with Crippen LogP contribution in [0, 0.1) is 0 Å². The minimum absolute atomic E-state index is 0.291. The van der Waals surface area contributed by atoms with Gasteiger partial charge in [-0.15, -0.1) is 11.3 Å². The number of nitrogens with zero attached hydrogens (tertiary/aromatic N) is 1. The second-order valence-corrected chi connectivity index (χ2v) is 6.25. The van der Waals surface area contributed by atoms with Gasteiger partial charge in [-0.3, -0.25) is 0 Å². The third-order valence-corrected chi connectivity index (χ3v) is 4.05. The van der Waals surface area contributed by atoms with Gasteiger partial charge in [0.1, 0.15) is 10.8 Å². The first-order chi connectivity index (χ1) is 7.47. The maximum absolute atomic E-state index is 11.4. The van der Waals surface area contributed by atoms with Gasteiger partial charge < -0.3 is 5.73 Å². The van der Waals surface area contributed by atoms with Crippen molar-refractivity contribution in [2.24, 2.45) is 0 Å². The molecule has 0 bridgehead atoms. The molecule has 16 heavy (non-hydrogen) atoms. The summed E-state index contributed by atoms with van der Waals surface area (Å²) in [5.74, 6) is 0.449. The molecule has 0 unspecified atom stereocenters. The van der Waals surface area contributed by atoms with Crippen molar-refractivity contribution in [3.05, 3.63) is 29.6 Å². The van der Waals surface area contributed by atoms with Gasteiger partial charge in [0.15, 0.2) is 9.84 Å². The minimum Gasteiger partial charge on any atom is -0.383 e. The van der Waals surface area contributed by atoms with Crippen LogP contribution in [0.4, 0.5) is 5.82 Å². The number of nitrogen functional groups attached to an aromatic ring is 1. The summed E-state index contributed by atoms with van der Waals surface area (Å²) in [7, 11) is -3.18. The summed E-state index contributed by atoms with van der Waals surface area (Å²) in [5, 5.41) is 2.45. The van der Waals surface area contributed by atoms with E-state index in [0.717, 1.165) is 10.6 Å². The van der Waals surface area contributed by atoms with E-state index >= 15 is 0 Å². The van der Waals surface area contributed by atoms with Crippen molar-refractivity contribution in [1.29, 1.82) is 0 Å². The van der Waals surface area contributed by atoms with E-state index in [4.69, 9.17) is 5.73 Å². The van der Waals surface area contributed by atoms with E-state index in [9.17, 15) is 8.42 Å². The standard InChI is InChI=1S/C10H10N2O2S2/c1-16(13,14)8-4-2-3-7(5-8)10-12-9(11)6-15-10/h2-6H,11H2,1H3. The molecule has 4 nitrogen and oxygen atoms in total. The van der Waals surface area contributed by atoms with Crippen LogP contribution >= 0.6 is 11.3 Å². The maximum atomic E-state index is 11.4. The van der Waals surface area contributed by atoms with Crippen LogP contribution in [0.2, 0.25) is 0 Å². The molecule has 1 heterocycles.